The van der Waals surface area contributed by atoms with E-state index in [-0.39, 0.29) is 11.8 Å². The number of hydrogen-bond acceptors (Lipinski definition) is 3. The Morgan fingerprint density at radius 1 is 1.15 bits per heavy atom. The standard InChI is InChI=1S/C22H27ClN2O2/c1-17-4-2-3-5-19(17)16-25-13-10-18(11-14-25)22(26)24-12-15-27-21-8-6-20(23)7-9-21/h2-9,18H,10-16H2,1H3,(H,24,26). The molecule has 0 aromatic heterocycles. The van der Waals surface area contributed by atoms with Crippen LogP contribution in [0.5, 0.6) is 5.75 Å². The molecule has 4 nitrogen and oxygen atoms in total. The molecule has 1 fully saturated rings. The highest BCUT2D eigenvalue weighted by Gasteiger charge is 2.24. The smallest absolute Gasteiger partial charge is 0.223 e. The van der Waals surface area contributed by atoms with E-state index in [4.69, 9.17) is 16.3 Å². The molecule has 1 saturated heterocycles. The Balaban J connectivity index is 1.34. The van der Waals surface area contributed by atoms with E-state index < -0.39 is 0 Å². The SMILES string of the molecule is Cc1ccccc1CN1CCC(C(=O)NCCOc2ccc(Cl)cc2)CC1. The summed E-state index contributed by atoms with van der Waals surface area (Å²) in [7, 11) is 0. The van der Waals surface area contributed by atoms with Crippen molar-refractivity contribution in [3.63, 3.8) is 0 Å². The fourth-order valence-electron chi connectivity index (χ4n) is 3.40. The summed E-state index contributed by atoms with van der Waals surface area (Å²) in [6, 6.07) is 15.8. The molecule has 1 aliphatic rings. The van der Waals surface area contributed by atoms with E-state index in [1.807, 2.05) is 12.1 Å². The number of aryl methyl sites for hydroxylation is 1. The molecule has 1 N–H and O–H groups in total. The number of ether oxygens (including phenoxy) is 1. The topological polar surface area (TPSA) is 41.6 Å². The number of likely N-dealkylation sites (tertiary alicyclic amines) is 1. The van der Waals surface area contributed by atoms with Gasteiger partial charge in [-0.2, -0.15) is 0 Å². The molecule has 144 valence electrons. The Hall–Kier alpha value is -2.04. The van der Waals surface area contributed by atoms with Crippen LogP contribution in [0.2, 0.25) is 5.02 Å². The van der Waals surface area contributed by atoms with Gasteiger partial charge in [-0.3, -0.25) is 9.69 Å². The average Bonchev–Trinajstić information content (AvgIpc) is 2.69. The Morgan fingerprint density at radius 3 is 2.56 bits per heavy atom. The molecule has 0 unspecified atom stereocenters. The largest absolute Gasteiger partial charge is 0.492 e. The summed E-state index contributed by atoms with van der Waals surface area (Å²) in [5, 5.41) is 3.68. The third-order valence-electron chi connectivity index (χ3n) is 5.10. The maximum absolute atomic E-state index is 12.4. The van der Waals surface area contributed by atoms with Gasteiger partial charge in [0.2, 0.25) is 5.91 Å². The highest BCUT2D eigenvalue weighted by Crippen LogP contribution is 2.20. The normalized spacial score (nSPS) is 15.5. The van der Waals surface area contributed by atoms with Crippen molar-refractivity contribution in [3.05, 3.63) is 64.7 Å². The molecule has 0 spiro atoms. The molecule has 2 aromatic carbocycles. The van der Waals surface area contributed by atoms with E-state index in [9.17, 15) is 4.79 Å². The van der Waals surface area contributed by atoms with Gasteiger partial charge in [-0.15, -0.1) is 0 Å². The van der Waals surface area contributed by atoms with Crippen LogP contribution in [0.15, 0.2) is 48.5 Å². The summed E-state index contributed by atoms with van der Waals surface area (Å²) >= 11 is 5.85. The zero-order chi connectivity index (χ0) is 19.1. The summed E-state index contributed by atoms with van der Waals surface area (Å²) in [6.45, 7) is 6.03. The Kier molecular flexibility index (Phi) is 7.13. The van der Waals surface area contributed by atoms with Crippen molar-refractivity contribution in [2.24, 2.45) is 5.92 Å². The number of carbonyl (C=O) groups excluding carboxylic acids is 1. The first-order chi connectivity index (χ1) is 13.1. The lowest BCUT2D eigenvalue weighted by molar-refractivity contribution is -0.126. The van der Waals surface area contributed by atoms with Crippen LogP contribution in [0.4, 0.5) is 0 Å². The molecule has 0 radical (unpaired) electrons. The number of halogens is 1. The number of piperidine rings is 1. The summed E-state index contributed by atoms with van der Waals surface area (Å²) in [5.74, 6) is 1.01. The van der Waals surface area contributed by atoms with Crippen molar-refractivity contribution < 1.29 is 9.53 Å². The number of rotatable bonds is 7. The van der Waals surface area contributed by atoms with Crippen LogP contribution in [0.3, 0.4) is 0 Å². The van der Waals surface area contributed by atoms with Gasteiger partial charge in [0.05, 0.1) is 6.54 Å². The Labute approximate surface area is 166 Å². The van der Waals surface area contributed by atoms with Gasteiger partial charge >= 0.3 is 0 Å². The van der Waals surface area contributed by atoms with E-state index in [1.165, 1.54) is 11.1 Å². The van der Waals surface area contributed by atoms with Crippen molar-refractivity contribution in [2.75, 3.05) is 26.2 Å². The van der Waals surface area contributed by atoms with Crippen molar-refractivity contribution in [1.82, 2.24) is 10.2 Å². The molecule has 0 saturated carbocycles. The molecule has 2 aromatic rings. The van der Waals surface area contributed by atoms with Crippen LogP contribution in [0, 0.1) is 12.8 Å². The number of hydrogen-bond donors (Lipinski definition) is 1. The van der Waals surface area contributed by atoms with Crippen LogP contribution < -0.4 is 10.1 Å². The zero-order valence-electron chi connectivity index (χ0n) is 15.8. The van der Waals surface area contributed by atoms with Gasteiger partial charge in [-0.25, -0.2) is 0 Å². The minimum absolute atomic E-state index is 0.105. The van der Waals surface area contributed by atoms with E-state index in [1.54, 1.807) is 12.1 Å². The molecule has 5 heteroatoms. The van der Waals surface area contributed by atoms with E-state index in [2.05, 4.69) is 41.4 Å². The van der Waals surface area contributed by atoms with Crippen molar-refractivity contribution >= 4 is 17.5 Å². The van der Waals surface area contributed by atoms with Crippen LogP contribution in [0.1, 0.15) is 24.0 Å². The molecule has 0 bridgehead atoms. The Bertz CT molecular complexity index is 740. The third-order valence-corrected chi connectivity index (χ3v) is 5.35. The lowest BCUT2D eigenvalue weighted by Gasteiger charge is -2.31. The predicted octanol–water partition coefficient (Wildman–Crippen LogP) is 4.06. The molecule has 1 heterocycles. The second-order valence-electron chi connectivity index (χ2n) is 7.07. The molecule has 1 amide bonds. The monoisotopic (exact) mass is 386 g/mol. The third kappa shape index (κ3) is 5.98. The van der Waals surface area contributed by atoms with Crippen molar-refractivity contribution in [3.8, 4) is 5.75 Å². The van der Waals surface area contributed by atoms with Crippen LogP contribution in [-0.4, -0.2) is 37.0 Å². The van der Waals surface area contributed by atoms with Gasteiger partial charge in [0.25, 0.3) is 0 Å². The van der Waals surface area contributed by atoms with E-state index in [0.717, 1.165) is 38.2 Å². The quantitative estimate of drug-likeness (QED) is 0.730. The summed E-state index contributed by atoms with van der Waals surface area (Å²) in [6.07, 6.45) is 1.82. The second kappa shape index (κ2) is 9.77. The average molecular weight is 387 g/mol. The molecule has 27 heavy (non-hydrogen) atoms. The number of nitrogens with one attached hydrogen (secondary N) is 1. The van der Waals surface area contributed by atoms with Gasteiger partial charge in [-0.1, -0.05) is 35.9 Å². The first-order valence-electron chi connectivity index (χ1n) is 9.55. The Morgan fingerprint density at radius 2 is 1.85 bits per heavy atom. The van der Waals surface area contributed by atoms with Crippen LogP contribution in [-0.2, 0) is 11.3 Å². The summed E-state index contributed by atoms with van der Waals surface area (Å²) in [4.78, 5) is 14.8. The van der Waals surface area contributed by atoms with Gasteiger partial charge in [0.15, 0.2) is 0 Å². The predicted molar refractivity (Wildman–Crippen MR) is 109 cm³/mol. The van der Waals surface area contributed by atoms with E-state index >= 15 is 0 Å². The fraction of sp³-hybridized carbons (Fsp3) is 0.409. The number of amides is 1. The maximum Gasteiger partial charge on any atom is 0.223 e. The van der Waals surface area contributed by atoms with Crippen molar-refractivity contribution in [2.45, 2.75) is 26.3 Å². The fourth-order valence-corrected chi connectivity index (χ4v) is 3.53. The lowest BCUT2D eigenvalue weighted by atomic mass is 9.95. The minimum atomic E-state index is 0.105. The number of benzene rings is 2. The van der Waals surface area contributed by atoms with Gasteiger partial charge in [-0.05, 0) is 68.2 Å². The molecule has 1 aliphatic heterocycles. The van der Waals surface area contributed by atoms with Gasteiger partial charge in [0.1, 0.15) is 12.4 Å². The number of carbonyl (C=O) groups is 1. The molecule has 0 aliphatic carbocycles. The lowest BCUT2D eigenvalue weighted by Crippen LogP contribution is -2.41. The first kappa shape index (κ1) is 19.7. The number of nitrogens with zero attached hydrogens (tertiary/aromatic N) is 1. The van der Waals surface area contributed by atoms with Gasteiger partial charge < -0.3 is 10.1 Å². The summed E-state index contributed by atoms with van der Waals surface area (Å²) in [5.41, 5.74) is 2.71. The molecule has 0 atom stereocenters. The molecular weight excluding hydrogens is 360 g/mol. The summed E-state index contributed by atoms with van der Waals surface area (Å²) < 4.78 is 5.61. The first-order valence-corrected chi connectivity index (χ1v) is 9.92. The van der Waals surface area contributed by atoms with Crippen LogP contribution in [0.25, 0.3) is 0 Å². The highest BCUT2D eigenvalue weighted by molar-refractivity contribution is 6.30. The second-order valence-corrected chi connectivity index (χ2v) is 7.51. The maximum atomic E-state index is 12.4. The molecule has 3 rings (SSSR count). The zero-order valence-corrected chi connectivity index (χ0v) is 16.5. The van der Waals surface area contributed by atoms with Crippen molar-refractivity contribution in [1.29, 1.82) is 0 Å². The minimum Gasteiger partial charge on any atom is -0.492 e. The van der Waals surface area contributed by atoms with E-state index in [0.29, 0.717) is 18.2 Å². The van der Waals surface area contributed by atoms with Crippen LogP contribution >= 0.6 is 11.6 Å². The molecular formula is C22H27ClN2O2. The van der Waals surface area contributed by atoms with Gasteiger partial charge in [0, 0.05) is 17.5 Å². The highest BCUT2D eigenvalue weighted by atomic mass is 35.5.